The van der Waals surface area contributed by atoms with E-state index < -0.39 is 0 Å². The third-order valence-electron chi connectivity index (χ3n) is 4.13. The highest BCUT2D eigenvalue weighted by atomic mass is 14.6. The Morgan fingerprint density at radius 3 is 2.38 bits per heavy atom. The minimum absolute atomic E-state index is 0.773. The fourth-order valence-corrected chi connectivity index (χ4v) is 3.47. The summed E-state index contributed by atoms with van der Waals surface area (Å²) >= 11 is 0. The van der Waals surface area contributed by atoms with E-state index in [4.69, 9.17) is 5.73 Å². The van der Waals surface area contributed by atoms with Crippen molar-refractivity contribution >= 4 is 5.69 Å². The summed E-state index contributed by atoms with van der Waals surface area (Å²) in [6, 6.07) is 8.42. The smallest absolute Gasteiger partial charge is 0.0349 e. The summed E-state index contributed by atoms with van der Waals surface area (Å²) in [5.74, 6) is 2.71. The van der Waals surface area contributed by atoms with Crippen LogP contribution >= 0.6 is 0 Å². The number of fused-ring (bicyclic) bond motifs is 2. The molecule has 0 heterocycles. The van der Waals surface area contributed by atoms with Crippen LogP contribution in [0, 0.1) is 11.8 Å². The molecule has 3 atom stereocenters. The van der Waals surface area contributed by atoms with Gasteiger partial charge in [0.25, 0.3) is 0 Å². The van der Waals surface area contributed by atoms with Gasteiger partial charge >= 0.3 is 0 Å². The standard InChI is InChI=1S/C13H17N.C2H6/c14-13-4-2-1-3-11(13)12-8-9-5-6-10(12)7-9;1-2/h1-4,9-10,12H,5-8,14H2;1-2H3. The SMILES string of the molecule is CC.Nc1ccccc1C1CC2CCC1C2. The second-order valence-corrected chi connectivity index (χ2v) is 4.91. The summed E-state index contributed by atoms with van der Waals surface area (Å²) in [7, 11) is 0. The molecule has 1 aromatic carbocycles. The molecule has 2 N–H and O–H groups in total. The van der Waals surface area contributed by atoms with Gasteiger partial charge in [-0.05, 0) is 48.6 Å². The second kappa shape index (κ2) is 4.90. The number of para-hydroxylation sites is 1. The quantitative estimate of drug-likeness (QED) is 0.701. The molecule has 1 aromatic rings. The Kier molecular flexibility index (Phi) is 3.52. The zero-order valence-electron chi connectivity index (χ0n) is 10.4. The third kappa shape index (κ3) is 1.95. The Morgan fingerprint density at radius 2 is 1.81 bits per heavy atom. The fourth-order valence-electron chi connectivity index (χ4n) is 3.47. The molecule has 16 heavy (non-hydrogen) atoms. The number of hydrogen-bond donors (Lipinski definition) is 1. The first kappa shape index (κ1) is 11.5. The van der Waals surface area contributed by atoms with E-state index in [-0.39, 0.29) is 0 Å². The van der Waals surface area contributed by atoms with Crippen LogP contribution in [-0.2, 0) is 0 Å². The molecular formula is C15H23N. The summed E-state index contributed by atoms with van der Waals surface area (Å²) < 4.78 is 0. The molecule has 88 valence electrons. The predicted octanol–water partition coefficient (Wildman–Crippen LogP) is 4.20. The molecule has 2 bridgehead atoms. The first-order chi connectivity index (χ1) is 7.84. The van der Waals surface area contributed by atoms with Gasteiger partial charge in [-0.3, -0.25) is 0 Å². The molecular weight excluding hydrogens is 194 g/mol. The van der Waals surface area contributed by atoms with Gasteiger partial charge in [-0.2, -0.15) is 0 Å². The number of rotatable bonds is 1. The number of anilines is 1. The van der Waals surface area contributed by atoms with Crippen LogP contribution in [0.2, 0.25) is 0 Å². The predicted molar refractivity (Wildman–Crippen MR) is 70.4 cm³/mol. The van der Waals surface area contributed by atoms with Gasteiger partial charge in [0.2, 0.25) is 0 Å². The van der Waals surface area contributed by atoms with Crippen molar-refractivity contribution in [2.75, 3.05) is 5.73 Å². The average Bonchev–Trinajstić information content (AvgIpc) is 2.94. The van der Waals surface area contributed by atoms with E-state index in [2.05, 4.69) is 12.1 Å². The van der Waals surface area contributed by atoms with Crippen LogP contribution in [0.1, 0.15) is 51.0 Å². The lowest BCUT2D eigenvalue weighted by Crippen LogP contribution is -2.10. The molecule has 0 radical (unpaired) electrons. The maximum Gasteiger partial charge on any atom is 0.0349 e. The van der Waals surface area contributed by atoms with Crippen molar-refractivity contribution in [3.63, 3.8) is 0 Å². The zero-order valence-corrected chi connectivity index (χ0v) is 10.4. The fraction of sp³-hybridized carbons (Fsp3) is 0.600. The van der Waals surface area contributed by atoms with Gasteiger partial charge in [-0.15, -0.1) is 0 Å². The van der Waals surface area contributed by atoms with Crippen molar-refractivity contribution in [3.8, 4) is 0 Å². The van der Waals surface area contributed by atoms with Gasteiger partial charge in [0.05, 0.1) is 0 Å². The van der Waals surface area contributed by atoms with Gasteiger partial charge in [0.1, 0.15) is 0 Å². The van der Waals surface area contributed by atoms with Crippen molar-refractivity contribution in [1.29, 1.82) is 0 Å². The van der Waals surface area contributed by atoms with Crippen LogP contribution in [0.25, 0.3) is 0 Å². The Hall–Kier alpha value is -0.980. The summed E-state index contributed by atoms with van der Waals surface area (Å²) in [6.07, 6.45) is 5.75. The summed E-state index contributed by atoms with van der Waals surface area (Å²) in [5, 5.41) is 0. The van der Waals surface area contributed by atoms with Crippen LogP contribution in [-0.4, -0.2) is 0 Å². The highest BCUT2D eigenvalue weighted by molar-refractivity contribution is 5.49. The first-order valence-corrected chi connectivity index (χ1v) is 6.69. The monoisotopic (exact) mass is 217 g/mol. The van der Waals surface area contributed by atoms with E-state index in [0.717, 1.165) is 23.4 Å². The highest BCUT2D eigenvalue weighted by Gasteiger charge is 2.40. The maximum absolute atomic E-state index is 6.03. The molecule has 3 rings (SSSR count). The van der Waals surface area contributed by atoms with Crippen molar-refractivity contribution in [1.82, 2.24) is 0 Å². The van der Waals surface area contributed by atoms with Crippen LogP contribution in [0.4, 0.5) is 5.69 Å². The molecule has 0 spiro atoms. The van der Waals surface area contributed by atoms with Gasteiger partial charge in [0, 0.05) is 5.69 Å². The van der Waals surface area contributed by atoms with E-state index in [0.29, 0.717) is 0 Å². The normalized spacial score (nSPS) is 31.0. The molecule has 0 saturated heterocycles. The molecule has 1 heteroatoms. The Bertz CT molecular complexity index is 345. The topological polar surface area (TPSA) is 26.0 Å². The second-order valence-electron chi connectivity index (χ2n) is 4.91. The van der Waals surface area contributed by atoms with Crippen molar-refractivity contribution in [2.24, 2.45) is 11.8 Å². The summed E-state index contributed by atoms with van der Waals surface area (Å²) in [6.45, 7) is 4.00. The van der Waals surface area contributed by atoms with Gasteiger partial charge < -0.3 is 5.73 Å². The van der Waals surface area contributed by atoms with Gasteiger partial charge in [0.15, 0.2) is 0 Å². The highest BCUT2D eigenvalue weighted by Crippen LogP contribution is 2.53. The van der Waals surface area contributed by atoms with Crippen molar-refractivity contribution in [3.05, 3.63) is 29.8 Å². The number of nitrogen functional groups attached to an aromatic ring is 1. The molecule has 0 aromatic heterocycles. The molecule has 2 fully saturated rings. The number of hydrogen-bond acceptors (Lipinski definition) is 1. The largest absolute Gasteiger partial charge is 0.398 e. The summed E-state index contributed by atoms with van der Waals surface area (Å²) in [4.78, 5) is 0. The minimum Gasteiger partial charge on any atom is -0.398 e. The van der Waals surface area contributed by atoms with E-state index in [1.54, 1.807) is 0 Å². The van der Waals surface area contributed by atoms with Crippen LogP contribution in [0.3, 0.4) is 0 Å². The zero-order chi connectivity index (χ0) is 11.5. The lowest BCUT2D eigenvalue weighted by atomic mass is 9.83. The van der Waals surface area contributed by atoms with E-state index in [9.17, 15) is 0 Å². The molecule has 0 amide bonds. The van der Waals surface area contributed by atoms with Crippen LogP contribution < -0.4 is 5.73 Å². The molecule has 0 aliphatic heterocycles. The molecule has 2 saturated carbocycles. The van der Waals surface area contributed by atoms with Crippen molar-refractivity contribution in [2.45, 2.75) is 45.4 Å². The van der Waals surface area contributed by atoms with Crippen LogP contribution in [0.5, 0.6) is 0 Å². The van der Waals surface area contributed by atoms with Gasteiger partial charge in [-0.25, -0.2) is 0 Å². The number of benzene rings is 1. The first-order valence-electron chi connectivity index (χ1n) is 6.69. The lowest BCUT2D eigenvalue weighted by Gasteiger charge is -2.23. The Morgan fingerprint density at radius 1 is 1.06 bits per heavy atom. The minimum atomic E-state index is 0.773. The lowest BCUT2D eigenvalue weighted by molar-refractivity contribution is 0.421. The van der Waals surface area contributed by atoms with E-state index in [1.807, 2.05) is 26.0 Å². The molecule has 2 aliphatic carbocycles. The van der Waals surface area contributed by atoms with Crippen LogP contribution in [0.15, 0.2) is 24.3 Å². The Balaban J connectivity index is 0.000000457. The number of nitrogens with two attached hydrogens (primary N) is 1. The summed E-state index contributed by atoms with van der Waals surface area (Å²) in [5.41, 5.74) is 8.45. The van der Waals surface area contributed by atoms with Crippen molar-refractivity contribution < 1.29 is 0 Å². The molecule has 2 aliphatic rings. The van der Waals surface area contributed by atoms with E-state index in [1.165, 1.54) is 31.2 Å². The Labute approximate surface area is 99.0 Å². The van der Waals surface area contributed by atoms with E-state index >= 15 is 0 Å². The maximum atomic E-state index is 6.03. The third-order valence-corrected chi connectivity index (χ3v) is 4.13. The molecule has 1 nitrogen and oxygen atoms in total. The average molecular weight is 217 g/mol. The van der Waals surface area contributed by atoms with Gasteiger partial charge in [-0.1, -0.05) is 38.5 Å². The molecule has 3 unspecified atom stereocenters.